The summed E-state index contributed by atoms with van der Waals surface area (Å²) in [5.74, 6) is -1.51. The van der Waals surface area contributed by atoms with Crippen molar-refractivity contribution >= 4 is 17.9 Å². The smallest absolute Gasteiger partial charge is 0.387 e. The Morgan fingerprint density at radius 1 is 1.29 bits per heavy atom. The molecule has 0 aromatic heterocycles. The van der Waals surface area contributed by atoms with Crippen molar-refractivity contribution < 1.29 is 27.8 Å². The molecule has 1 rings (SSSR count). The number of benzene rings is 1. The van der Waals surface area contributed by atoms with Crippen LogP contribution in [-0.2, 0) is 9.59 Å². The molecule has 1 aromatic rings. The predicted octanol–water partition coefficient (Wildman–Crippen LogP) is 1.94. The fourth-order valence-electron chi connectivity index (χ4n) is 1.97. The fraction of sp³-hybridized carbons (Fsp3) is 0.375. The summed E-state index contributed by atoms with van der Waals surface area (Å²) < 4.78 is 34.5. The van der Waals surface area contributed by atoms with E-state index in [1.165, 1.54) is 25.3 Å². The molecule has 6 nitrogen and oxygen atoms in total. The number of carbonyl (C=O) groups is 2. The Kier molecular flexibility index (Phi) is 7.16. The minimum absolute atomic E-state index is 0.107. The molecular formula is C16H20F2N2O4. The molecule has 0 aliphatic heterocycles. The van der Waals surface area contributed by atoms with Gasteiger partial charge in [0.05, 0.1) is 7.11 Å². The van der Waals surface area contributed by atoms with Crippen LogP contribution in [0.2, 0.25) is 0 Å². The lowest BCUT2D eigenvalue weighted by atomic mass is 10.0. The molecule has 3 N–H and O–H groups in total. The largest absolute Gasteiger partial charge is 0.493 e. The molecule has 0 fully saturated rings. The van der Waals surface area contributed by atoms with E-state index in [2.05, 4.69) is 10.1 Å². The van der Waals surface area contributed by atoms with Crippen molar-refractivity contribution in [3.8, 4) is 11.5 Å². The second kappa shape index (κ2) is 8.85. The van der Waals surface area contributed by atoms with E-state index >= 15 is 0 Å². The topological polar surface area (TPSA) is 90.6 Å². The molecule has 0 radical (unpaired) electrons. The Hall–Kier alpha value is -2.64. The van der Waals surface area contributed by atoms with Gasteiger partial charge in [-0.2, -0.15) is 8.78 Å². The highest BCUT2D eigenvalue weighted by Crippen LogP contribution is 2.33. The van der Waals surface area contributed by atoms with Gasteiger partial charge in [0.25, 0.3) is 0 Å². The fourth-order valence-corrected chi connectivity index (χ4v) is 1.97. The van der Waals surface area contributed by atoms with Crippen molar-refractivity contribution in [2.75, 3.05) is 7.11 Å². The van der Waals surface area contributed by atoms with Crippen LogP contribution in [0.5, 0.6) is 11.5 Å². The summed E-state index contributed by atoms with van der Waals surface area (Å²) in [7, 11) is 1.31. The van der Waals surface area contributed by atoms with Gasteiger partial charge in [-0.1, -0.05) is 26.0 Å². The molecule has 0 heterocycles. The van der Waals surface area contributed by atoms with Gasteiger partial charge < -0.3 is 20.5 Å². The molecule has 132 valence electrons. The summed E-state index contributed by atoms with van der Waals surface area (Å²) in [5.41, 5.74) is 5.44. The van der Waals surface area contributed by atoms with E-state index in [4.69, 9.17) is 10.5 Å². The number of rotatable bonds is 8. The average Bonchev–Trinajstić information content (AvgIpc) is 2.50. The van der Waals surface area contributed by atoms with Crippen LogP contribution in [0.4, 0.5) is 8.78 Å². The lowest BCUT2D eigenvalue weighted by molar-refractivity contribution is -0.126. The highest BCUT2D eigenvalue weighted by molar-refractivity contribution is 5.95. The van der Waals surface area contributed by atoms with Crippen molar-refractivity contribution in [3.05, 3.63) is 29.8 Å². The molecule has 1 unspecified atom stereocenters. The third kappa shape index (κ3) is 5.53. The molecule has 8 heteroatoms. The quantitative estimate of drug-likeness (QED) is 0.706. The number of methoxy groups -OCH3 is 1. The van der Waals surface area contributed by atoms with Gasteiger partial charge in [0.15, 0.2) is 11.5 Å². The number of para-hydroxylation sites is 1. The number of ether oxygens (including phenoxy) is 2. The standard InChI is InChI=1S/C16H20F2N2O4/c1-9(2)13(15(19)22)20-12(21)8-7-10-5-4-6-11(23-3)14(10)24-16(17)18/h4-9,13,16H,1-3H3,(H2,19,22)(H,20,21)/b8-7+. The van der Waals surface area contributed by atoms with Gasteiger partial charge in [-0.25, -0.2) is 0 Å². The average molecular weight is 342 g/mol. The number of carbonyl (C=O) groups excluding carboxylic acids is 2. The Labute approximate surface area is 138 Å². The summed E-state index contributed by atoms with van der Waals surface area (Å²) >= 11 is 0. The van der Waals surface area contributed by atoms with Gasteiger partial charge >= 0.3 is 6.61 Å². The number of hydrogen-bond donors (Lipinski definition) is 2. The maximum absolute atomic E-state index is 12.5. The van der Waals surface area contributed by atoms with Crippen molar-refractivity contribution in [1.82, 2.24) is 5.32 Å². The number of alkyl halides is 2. The van der Waals surface area contributed by atoms with Crippen molar-refractivity contribution in [3.63, 3.8) is 0 Å². The van der Waals surface area contributed by atoms with Crippen LogP contribution in [0.3, 0.4) is 0 Å². The van der Waals surface area contributed by atoms with E-state index in [0.29, 0.717) is 0 Å². The SMILES string of the molecule is COc1cccc(/C=C/C(=O)NC(C(N)=O)C(C)C)c1OC(F)F. The molecule has 0 aliphatic carbocycles. The molecule has 0 saturated heterocycles. The second-order valence-corrected chi connectivity index (χ2v) is 5.22. The van der Waals surface area contributed by atoms with E-state index in [1.54, 1.807) is 19.9 Å². The van der Waals surface area contributed by atoms with Crippen LogP contribution in [0.15, 0.2) is 24.3 Å². The zero-order valence-electron chi connectivity index (χ0n) is 13.6. The maximum atomic E-state index is 12.5. The van der Waals surface area contributed by atoms with E-state index < -0.39 is 24.5 Å². The van der Waals surface area contributed by atoms with Crippen LogP contribution in [-0.4, -0.2) is 31.6 Å². The van der Waals surface area contributed by atoms with Gasteiger partial charge in [0.1, 0.15) is 6.04 Å². The van der Waals surface area contributed by atoms with Crippen molar-refractivity contribution in [2.24, 2.45) is 11.7 Å². The molecule has 0 bridgehead atoms. The Balaban J connectivity index is 2.97. The Bertz CT molecular complexity index is 618. The van der Waals surface area contributed by atoms with E-state index in [0.717, 1.165) is 6.08 Å². The van der Waals surface area contributed by atoms with E-state index in [1.807, 2.05) is 0 Å². The van der Waals surface area contributed by atoms with Gasteiger partial charge in [0, 0.05) is 11.6 Å². The minimum atomic E-state index is -3.04. The van der Waals surface area contributed by atoms with E-state index in [9.17, 15) is 18.4 Å². The molecule has 1 aromatic carbocycles. The lowest BCUT2D eigenvalue weighted by Crippen LogP contribution is -2.47. The molecule has 0 aliphatic rings. The second-order valence-electron chi connectivity index (χ2n) is 5.22. The number of hydrogen-bond acceptors (Lipinski definition) is 4. The van der Waals surface area contributed by atoms with Gasteiger partial charge in [-0.05, 0) is 18.1 Å². The highest BCUT2D eigenvalue weighted by Gasteiger charge is 2.20. The maximum Gasteiger partial charge on any atom is 0.387 e. The summed E-state index contributed by atoms with van der Waals surface area (Å²) in [4.78, 5) is 23.2. The summed E-state index contributed by atoms with van der Waals surface area (Å²) in [5, 5.41) is 2.45. The molecule has 0 spiro atoms. The first kappa shape index (κ1) is 19.4. The van der Waals surface area contributed by atoms with E-state index in [-0.39, 0.29) is 23.0 Å². The van der Waals surface area contributed by atoms with Crippen LogP contribution < -0.4 is 20.5 Å². The number of primary amides is 1. The zero-order valence-corrected chi connectivity index (χ0v) is 13.6. The number of halogens is 2. The first-order valence-electron chi connectivity index (χ1n) is 7.16. The summed E-state index contributed by atoms with van der Waals surface area (Å²) in [6.07, 6.45) is 2.39. The van der Waals surface area contributed by atoms with Crippen LogP contribution >= 0.6 is 0 Å². The number of nitrogens with two attached hydrogens (primary N) is 1. The Morgan fingerprint density at radius 3 is 2.46 bits per heavy atom. The van der Waals surface area contributed by atoms with Crippen LogP contribution in [0.1, 0.15) is 19.4 Å². The molecular weight excluding hydrogens is 322 g/mol. The molecule has 2 amide bonds. The predicted molar refractivity (Wildman–Crippen MR) is 84.6 cm³/mol. The minimum Gasteiger partial charge on any atom is -0.493 e. The molecule has 24 heavy (non-hydrogen) atoms. The number of amides is 2. The monoisotopic (exact) mass is 342 g/mol. The first-order valence-corrected chi connectivity index (χ1v) is 7.16. The summed E-state index contributed by atoms with van der Waals surface area (Å²) in [6.45, 7) is 0.425. The molecule has 0 saturated carbocycles. The summed E-state index contributed by atoms with van der Waals surface area (Å²) in [6, 6.07) is 3.67. The van der Waals surface area contributed by atoms with Crippen molar-refractivity contribution in [2.45, 2.75) is 26.5 Å². The van der Waals surface area contributed by atoms with Gasteiger partial charge in [-0.3, -0.25) is 9.59 Å². The first-order chi connectivity index (χ1) is 11.3. The molecule has 1 atom stereocenters. The highest BCUT2D eigenvalue weighted by atomic mass is 19.3. The van der Waals surface area contributed by atoms with Crippen molar-refractivity contribution in [1.29, 1.82) is 0 Å². The number of nitrogens with one attached hydrogen (secondary N) is 1. The third-order valence-electron chi connectivity index (χ3n) is 3.12. The third-order valence-corrected chi connectivity index (χ3v) is 3.12. The zero-order chi connectivity index (χ0) is 18.3. The van der Waals surface area contributed by atoms with Gasteiger partial charge in [0.2, 0.25) is 11.8 Å². The normalized spacial score (nSPS) is 12.5. The van der Waals surface area contributed by atoms with Gasteiger partial charge in [-0.15, -0.1) is 0 Å². The Morgan fingerprint density at radius 2 is 1.96 bits per heavy atom. The van der Waals surface area contributed by atoms with Crippen LogP contribution in [0.25, 0.3) is 6.08 Å². The lowest BCUT2D eigenvalue weighted by Gasteiger charge is -2.17. The van der Waals surface area contributed by atoms with Crippen LogP contribution in [0, 0.1) is 5.92 Å².